The second kappa shape index (κ2) is 7.14. The number of piperazine rings is 1. The number of rotatable bonds is 6. The SMILES string of the molecule is COc1cccc([C@H](C)N2CCN(Cc3nc(C4CC4)n[nH]3)CC2)c1. The van der Waals surface area contributed by atoms with E-state index < -0.39 is 0 Å². The van der Waals surface area contributed by atoms with Gasteiger partial charge in [-0.15, -0.1) is 0 Å². The lowest BCUT2D eigenvalue weighted by atomic mass is 10.1. The Morgan fingerprint density at radius 2 is 2.04 bits per heavy atom. The molecule has 0 radical (unpaired) electrons. The molecule has 2 aromatic rings. The summed E-state index contributed by atoms with van der Waals surface area (Å²) in [6.07, 6.45) is 2.50. The van der Waals surface area contributed by atoms with E-state index in [1.54, 1.807) is 7.11 Å². The van der Waals surface area contributed by atoms with Gasteiger partial charge in [0.25, 0.3) is 0 Å². The zero-order valence-electron chi connectivity index (χ0n) is 15.1. The largest absolute Gasteiger partial charge is 0.497 e. The Bertz CT molecular complexity index is 703. The van der Waals surface area contributed by atoms with Crippen LogP contribution in [0.15, 0.2) is 24.3 Å². The first kappa shape index (κ1) is 16.5. The lowest BCUT2D eigenvalue weighted by Gasteiger charge is -2.38. The van der Waals surface area contributed by atoms with Crippen molar-refractivity contribution in [3.05, 3.63) is 41.5 Å². The van der Waals surface area contributed by atoms with E-state index in [0.717, 1.165) is 50.1 Å². The average molecular weight is 341 g/mol. The van der Waals surface area contributed by atoms with Gasteiger partial charge in [0, 0.05) is 38.1 Å². The Morgan fingerprint density at radius 3 is 2.76 bits per heavy atom. The van der Waals surface area contributed by atoms with E-state index in [-0.39, 0.29) is 0 Å². The predicted molar refractivity (Wildman–Crippen MR) is 96.6 cm³/mol. The molecule has 1 aromatic heterocycles. The molecule has 1 aliphatic carbocycles. The van der Waals surface area contributed by atoms with Gasteiger partial charge in [0.2, 0.25) is 0 Å². The van der Waals surface area contributed by atoms with Gasteiger partial charge in [-0.25, -0.2) is 4.98 Å². The number of benzene rings is 1. The number of H-pyrrole nitrogens is 1. The molecule has 0 spiro atoms. The molecule has 1 saturated carbocycles. The Balaban J connectivity index is 1.31. The molecule has 2 fully saturated rings. The number of nitrogens with one attached hydrogen (secondary N) is 1. The molecule has 6 heteroatoms. The van der Waals surface area contributed by atoms with Crippen molar-refractivity contribution >= 4 is 0 Å². The highest BCUT2D eigenvalue weighted by Gasteiger charge is 2.28. The molecular weight excluding hydrogens is 314 g/mol. The molecule has 2 aliphatic rings. The van der Waals surface area contributed by atoms with Crippen LogP contribution in [0, 0.1) is 0 Å². The molecule has 25 heavy (non-hydrogen) atoms. The zero-order valence-corrected chi connectivity index (χ0v) is 15.1. The first-order chi connectivity index (χ1) is 12.2. The fourth-order valence-electron chi connectivity index (χ4n) is 3.54. The fourth-order valence-corrected chi connectivity index (χ4v) is 3.54. The van der Waals surface area contributed by atoms with Crippen molar-refractivity contribution in [3.8, 4) is 5.75 Å². The molecule has 1 saturated heterocycles. The molecule has 2 heterocycles. The number of nitrogens with zero attached hydrogens (tertiary/aromatic N) is 4. The second-order valence-electron chi connectivity index (χ2n) is 7.18. The van der Waals surface area contributed by atoms with Crippen LogP contribution in [-0.2, 0) is 6.54 Å². The molecule has 0 bridgehead atoms. The lowest BCUT2D eigenvalue weighted by Crippen LogP contribution is -2.46. The maximum atomic E-state index is 5.36. The van der Waals surface area contributed by atoms with Crippen LogP contribution in [0.2, 0.25) is 0 Å². The third-order valence-electron chi connectivity index (χ3n) is 5.40. The van der Waals surface area contributed by atoms with E-state index >= 15 is 0 Å². The summed E-state index contributed by atoms with van der Waals surface area (Å²) in [5, 5.41) is 7.47. The Morgan fingerprint density at radius 1 is 1.24 bits per heavy atom. The van der Waals surface area contributed by atoms with E-state index in [0.29, 0.717) is 12.0 Å². The highest BCUT2D eigenvalue weighted by molar-refractivity contribution is 5.30. The van der Waals surface area contributed by atoms with Crippen LogP contribution < -0.4 is 4.74 Å². The van der Waals surface area contributed by atoms with Crippen LogP contribution in [0.3, 0.4) is 0 Å². The maximum absolute atomic E-state index is 5.36. The molecule has 1 aromatic carbocycles. The van der Waals surface area contributed by atoms with Gasteiger partial charge < -0.3 is 4.74 Å². The smallest absolute Gasteiger partial charge is 0.153 e. The van der Waals surface area contributed by atoms with Gasteiger partial charge in [0.05, 0.1) is 13.7 Å². The summed E-state index contributed by atoms with van der Waals surface area (Å²) < 4.78 is 5.36. The summed E-state index contributed by atoms with van der Waals surface area (Å²) in [4.78, 5) is 9.66. The van der Waals surface area contributed by atoms with Crippen molar-refractivity contribution in [2.24, 2.45) is 0 Å². The number of aromatic nitrogens is 3. The van der Waals surface area contributed by atoms with Crippen molar-refractivity contribution in [1.29, 1.82) is 0 Å². The van der Waals surface area contributed by atoms with Crippen molar-refractivity contribution in [1.82, 2.24) is 25.0 Å². The maximum Gasteiger partial charge on any atom is 0.153 e. The quantitative estimate of drug-likeness (QED) is 0.875. The van der Waals surface area contributed by atoms with Crippen LogP contribution in [0.5, 0.6) is 5.75 Å². The highest BCUT2D eigenvalue weighted by atomic mass is 16.5. The van der Waals surface area contributed by atoms with Crippen LogP contribution >= 0.6 is 0 Å². The van der Waals surface area contributed by atoms with Gasteiger partial charge in [-0.05, 0) is 37.5 Å². The first-order valence-electron chi connectivity index (χ1n) is 9.24. The Labute approximate surface area is 149 Å². The van der Waals surface area contributed by atoms with Gasteiger partial charge in [0.15, 0.2) is 5.82 Å². The van der Waals surface area contributed by atoms with Gasteiger partial charge >= 0.3 is 0 Å². The van der Waals surface area contributed by atoms with Crippen LogP contribution in [0.25, 0.3) is 0 Å². The summed E-state index contributed by atoms with van der Waals surface area (Å²) in [6, 6.07) is 8.81. The van der Waals surface area contributed by atoms with Gasteiger partial charge in [-0.2, -0.15) is 5.10 Å². The van der Waals surface area contributed by atoms with Crippen molar-refractivity contribution in [2.75, 3.05) is 33.3 Å². The third kappa shape index (κ3) is 3.85. The van der Waals surface area contributed by atoms with E-state index in [1.165, 1.54) is 18.4 Å². The molecule has 0 unspecified atom stereocenters. The van der Waals surface area contributed by atoms with Crippen molar-refractivity contribution < 1.29 is 4.74 Å². The average Bonchev–Trinajstić information content (AvgIpc) is 3.41. The normalized spacial score (nSPS) is 20.6. The van der Waals surface area contributed by atoms with Gasteiger partial charge in [0.1, 0.15) is 11.6 Å². The van der Waals surface area contributed by atoms with Crippen LogP contribution in [0.1, 0.15) is 48.9 Å². The molecule has 1 atom stereocenters. The minimum atomic E-state index is 0.406. The number of aromatic amines is 1. The van der Waals surface area contributed by atoms with Gasteiger partial charge in [-0.1, -0.05) is 12.1 Å². The molecule has 1 aliphatic heterocycles. The topological polar surface area (TPSA) is 57.3 Å². The summed E-state index contributed by atoms with van der Waals surface area (Å²) in [7, 11) is 1.72. The van der Waals surface area contributed by atoms with E-state index in [2.05, 4.69) is 50.1 Å². The van der Waals surface area contributed by atoms with Gasteiger partial charge in [-0.3, -0.25) is 14.9 Å². The Kier molecular flexibility index (Phi) is 4.72. The summed E-state index contributed by atoms with van der Waals surface area (Å²) in [6.45, 7) is 7.43. The molecular formula is C19H27N5O. The minimum Gasteiger partial charge on any atom is -0.497 e. The molecule has 134 valence electrons. The first-order valence-corrected chi connectivity index (χ1v) is 9.24. The lowest BCUT2D eigenvalue weighted by molar-refractivity contribution is 0.0962. The molecule has 0 amide bonds. The molecule has 6 nitrogen and oxygen atoms in total. The number of ether oxygens (including phenoxy) is 1. The standard InChI is InChI=1S/C19H27N5O/c1-14(16-4-3-5-17(12-16)25-2)24-10-8-23(9-11-24)13-18-20-19(22-21-18)15-6-7-15/h3-5,12,14-15H,6-11,13H2,1-2H3,(H,20,21,22)/t14-/m0/s1. The minimum absolute atomic E-state index is 0.406. The fraction of sp³-hybridized carbons (Fsp3) is 0.579. The number of hydrogen-bond acceptors (Lipinski definition) is 5. The van der Waals surface area contributed by atoms with Crippen LogP contribution in [0.4, 0.5) is 0 Å². The van der Waals surface area contributed by atoms with Crippen LogP contribution in [-0.4, -0.2) is 58.3 Å². The predicted octanol–water partition coefficient (Wildman–Crippen LogP) is 2.57. The monoisotopic (exact) mass is 341 g/mol. The summed E-state index contributed by atoms with van der Waals surface area (Å²) in [5.74, 6) is 3.57. The second-order valence-corrected chi connectivity index (χ2v) is 7.18. The Hall–Kier alpha value is -1.92. The van der Waals surface area contributed by atoms with Crippen molar-refractivity contribution in [3.63, 3.8) is 0 Å². The number of hydrogen-bond donors (Lipinski definition) is 1. The summed E-state index contributed by atoms with van der Waals surface area (Å²) in [5.41, 5.74) is 1.32. The molecule has 4 rings (SSSR count). The van der Waals surface area contributed by atoms with E-state index in [9.17, 15) is 0 Å². The van der Waals surface area contributed by atoms with E-state index in [1.807, 2.05) is 6.07 Å². The van der Waals surface area contributed by atoms with Crippen molar-refractivity contribution in [2.45, 2.75) is 38.3 Å². The molecule has 1 N–H and O–H groups in total. The summed E-state index contributed by atoms with van der Waals surface area (Å²) >= 11 is 0. The zero-order chi connectivity index (χ0) is 17.2. The third-order valence-corrected chi connectivity index (χ3v) is 5.40. The number of methoxy groups -OCH3 is 1. The highest BCUT2D eigenvalue weighted by Crippen LogP contribution is 2.37. The van der Waals surface area contributed by atoms with E-state index in [4.69, 9.17) is 4.74 Å².